The second kappa shape index (κ2) is 6.48. The normalized spacial score (nSPS) is 21.7. The first-order valence-electron chi connectivity index (χ1n) is 5.88. The van der Waals surface area contributed by atoms with Gasteiger partial charge in [0.2, 0.25) is 5.91 Å². The first-order chi connectivity index (χ1) is 7.65. The van der Waals surface area contributed by atoms with Crippen LogP contribution in [-0.4, -0.2) is 47.6 Å². The topological polar surface area (TPSA) is 69.6 Å². The van der Waals surface area contributed by atoms with E-state index < -0.39 is 12.0 Å². The van der Waals surface area contributed by atoms with Crippen molar-refractivity contribution in [2.75, 3.05) is 19.6 Å². The Bertz CT molecular complexity index is 256. The van der Waals surface area contributed by atoms with Crippen molar-refractivity contribution in [2.45, 2.75) is 38.6 Å². The lowest BCUT2D eigenvalue weighted by molar-refractivity contribution is -0.145. The van der Waals surface area contributed by atoms with Gasteiger partial charge in [-0.25, -0.2) is 0 Å². The van der Waals surface area contributed by atoms with Crippen LogP contribution in [0.4, 0.5) is 0 Å². The number of carbonyl (C=O) groups is 2. The largest absolute Gasteiger partial charge is 0.480 e. The lowest BCUT2D eigenvalue weighted by atomic mass is 10.0. The van der Waals surface area contributed by atoms with Crippen molar-refractivity contribution >= 4 is 11.9 Å². The number of piperidine rings is 1. The molecule has 0 aromatic rings. The molecule has 1 rings (SSSR count). The Morgan fingerprint density at radius 1 is 1.44 bits per heavy atom. The third-order valence-electron chi connectivity index (χ3n) is 2.82. The van der Waals surface area contributed by atoms with Crippen LogP contribution in [0.3, 0.4) is 0 Å². The van der Waals surface area contributed by atoms with Crippen LogP contribution in [0.2, 0.25) is 0 Å². The molecule has 0 aliphatic carbocycles. The van der Waals surface area contributed by atoms with Crippen LogP contribution in [0.15, 0.2) is 0 Å². The predicted octanol–water partition coefficient (Wildman–Crippen LogP) is 0.452. The van der Waals surface area contributed by atoms with Crippen molar-refractivity contribution < 1.29 is 14.7 Å². The minimum atomic E-state index is -0.817. The van der Waals surface area contributed by atoms with Gasteiger partial charge in [0, 0.05) is 6.54 Å². The summed E-state index contributed by atoms with van der Waals surface area (Å²) in [4.78, 5) is 24.2. The molecule has 0 radical (unpaired) electrons. The van der Waals surface area contributed by atoms with E-state index in [1.807, 2.05) is 6.92 Å². The highest BCUT2D eigenvalue weighted by atomic mass is 16.4. The van der Waals surface area contributed by atoms with Gasteiger partial charge in [0.15, 0.2) is 0 Å². The van der Waals surface area contributed by atoms with Gasteiger partial charge in [0.1, 0.15) is 6.04 Å². The van der Waals surface area contributed by atoms with Crippen molar-refractivity contribution in [2.24, 2.45) is 0 Å². The number of rotatable bonds is 5. The maximum Gasteiger partial charge on any atom is 0.320 e. The van der Waals surface area contributed by atoms with Crippen LogP contribution < -0.4 is 5.32 Å². The molecule has 1 heterocycles. The van der Waals surface area contributed by atoms with Crippen molar-refractivity contribution in [1.82, 2.24) is 10.2 Å². The quantitative estimate of drug-likeness (QED) is 0.717. The number of carboxylic acid groups (broad SMARTS) is 1. The van der Waals surface area contributed by atoms with Crippen LogP contribution in [0.1, 0.15) is 32.6 Å². The molecule has 5 heteroatoms. The zero-order chi connectivity index (χ0) is 12.0. The molecule has 5 nitrogen and oxygen atoms in total. The molecule has 0 aromatic heterocycles. The molecule has 1 saturated heterocycles. The minimum absolute atomic E-state index is 0.0741. The Kier molecular flexibility index (Phi) is 5.25. The highest BCUT2D eigenvalue weighted by Gasteiger charge is 2.29. The van der Waals surface area contributed by atoms with Crippen LogP contribution in [0, 0.1) is 0 Å². The molecule has 1 atom stereocenters. The van der Waals surface area contributed by atoms with Gasteiger partial charge >= 0.3 is 5.97 Å². The number of nitrogens with zero attached hydrogens (tertiary/aromatic N) is 1. The molecule has 1 amide bonds. The van der Waals surface area contributed by atoms with E-state index >= 15 is 0 Å². The summed E-state index contributed by atoms with van der Waals surface area (Å²) in [5.41, 5.74) is 0. The average Bonchev–Trinajstić information content (AvgIpc) is 2.27. The van der Waals surface area contributed by atoms with Gasteiger partial charge < -0.3 is 10.4 Å². The SMILES string of the molecule is CCCNC(=O)CN1CCCCC1C(=O)O. The zero-order valence-corrected chi connectivity index (χ0v) is 9.74. The highest BCUT2D eigenvalue weighted by molar-refractivity contribution is 5.80. The fourth-order valence-electron chi connectivity index (χ4n) is 1.96. The van der Waals surface area contributed by atoms with Gasteiger partial charge in [-0.3, -0.25) is 14.5 Å². The maximum absolute atomic E-state index is 11.5. The second-order valence-corrected chi connectivity index (χ2v) is 4.17. The fourth-order valence-corrected chi connectivity index (χ4v) is 1.96. The monoisotopic (exact) mass is 228 g/mol. The molecule has 0 saturated carbocycles. The summed E-state index contributed by atoms with van der Waals surface area (Å²) in [7, 11) is 0. The zero-order valence-electron chi connectivity index (χ0n) is 9.74. The third kappa shape index (κ3) is 3.81. The number of nitrogens with one attached hydrogen (secondary N) is 1. The Hall–Kier alpha value is -1.10. The van der Waals surface area contributed by atoms with Gasteiger partial charge in [-0.05, 0) is 25.8 Å². The summed E-state index contributed by atoms with van der Waals surface area (Å²) >= 11 is 0. The van der Waals surface area contributed by atoms with E-state index in [4.69, 9.17) is 5.11 Å². The van der Waals surface area contributed by atoms with E-state index in [0.29, 0.717) is 19.5 Å². The van der Waals surface area contributed by atoms with Crippen molar-refractivity contribution in [3.63, 3.8) is 0 Å². The van der Waals surface area contributed by atoms with E-state index in [0.717, 1.165) is 19.3 Å². The van der Waals surface area contributed by atoms with E-state index in [1.54, 1.807) is 4.90 Å². The van der Waals surface area contributed by atoms with Crippen molar-refractivity contribution in [3.8, 4) is 0 Å². The Morgan fingerprint density at radius 3 is 2.81 bits per heavy atom. The van der Waals surface area contributed by atoms with E-state index in [2.05, 4.69) is 5.32 Å². The molecule has 1 aliphatic heterocycles. The molecular weight excluding hydrogens is 208 g/mol. The minimum Gasteiger partial charge on any atom is -0.480 e. The molecule has 0 bridgehead atoms. The summed E-state index contributed by atoms with van der Waals surface area (Å²) in [5.74, 6) is -0.891. The van der Waals surface area contributed by atoms with Crippen molar-refractivity contribution in [1.29, 1.82) is 0 Å². The number of carboxylic acids is 1. The standard InChI is InChI=1S/C11H20N2O3/c1-2-6-12-10(14)8-13-7-4-3-5-9(13)11(15)16/h9H,2-8H2,1H3,(H,12,14)(H,15,16). The molecule has 16 heavy (non-hydrogen) atoms. The van der Waals surface area contributed by atoms with Crippen LogP contribution in [0.25, 0.3) is 0 Å². The number of likely N-dealkylation sites (tertiary alicyclic amines) is 1. The molecule has 1 unspecified atom stereocenters. The number of carbonyl (C=O) groups excluding carboxylic acids is 1. The molecule has 1 fully saturated rings. The van der Waals surface area contributed by atoms with Gasteiger partial charge in [0.25, 0.3) is 0 Å². The summed E-state index contributed by atoms with van der Waals surface area (Å²) < 4.78 is 0. The van der Waals surface area contributed by atoms with Crippen LogP contribution >= 0.6 is 0 Å². The molecular formula is C11H20N2O3. The summed E-state index contributed by atoms with van der Waals surface area (Å²) in [6.45, 7) is 3.55. The van der Waals surface area contributed by atoms with Crippen LogP contribution in [-0.2, 0) is 9.59 Å². The summed E-state index contributed by atoms with van der Waals surface area (Å²) in [6.07, 6.45) is 3.46. The number of aliphatic carboxylic acids is 1. The number of hydrogen-bond donors (Lipinski definition) is 2. The first-order valence-corrected chi connectivity index (χ1v) is 5.88. The Morgan fingerprint density at radius 2 is 2.19 bits per heavy atom. The van der Waals surface area contributed by atoms with Gasteiger partial charge in [-0.1, -0.05) is 13.3 Å². The lowest BCUT2D eigenvalue weighted by Crippen LogP contribution is -2.49. The first kappa shape index (κ1) is 13.0. The van der Waals surface area contributed by atoms with E-state index in [9.17, 15) is 9.59 Å². The van der Waals surface area contributed by atoms with Gasteiger partial charge in [-0.15, -0.1) is 0 Å². The predicted molar refractivity (Wildman–Crippen MR) is 60.1 cm³/mol. The highest BCUT2D eigenvalue weighted by Crippen LogP contribution is 2.16. The van der Waals surface area contributed by atoms with E-state index in [1.165, 1.54) is 0 Å². The third-order valence-corrected chi connectivity index (χ3v) is 2.82. The Balaban J connectivity index is 2.43. The molecule has 2 N–H and O–H groups in total. The number of hydrogen-bond acceptors (Lipinski definition) is 3. The average molecular weight is 228 g/mol. The molecule has 0 spiro atoms. The fraction of sp³-hybridized carbons (Fsp3) is 0.818. The van der Waals surface area contributed by atoms with Gasteiger partial charge in [0.05, 0.1) is 6.54 Å². The Labute approximate surface area is 95.8 Å². The van der Waals surface area contributed by atoms with E-state index in [-0.39, 0.29) is 12.5 Å². The molecule has 1 aliphatic rings. The van der Waals surface area contributed by atoms with Gasteiger partial charge in [-0.2, -0.15) is 0 Å². The summed E-state index contributed by atoms with van der Waals surface area (Å²) in [5, 5.41) is 11.8. The number of amides is 1. The second-order valence-electron chi connectivity index (χ2n) is 4.17. The molecule has 0 aromatic carbocycles. The lowest BCUT2D eigenvalue weighted by Gasteiger charge is -2.32. The molecule has 92 valence electrons. The van der Waals surface area contributed by atoms with Crippen LogP contribution in [0.5, 0.6) is 0 Å². The maximum atomic E-state index is 11.5. The summed E-state index contributed by atoms with van der Waals surface area (Å²) in [6, 6.07) is -0.485. The smallest absolute Gasteiger partial charge is 0.320 e. The van der Waals surface area contributed by atoms with Crippen molar-refractivity contribution in [3.05, 3.63) is 0 Å².